The summed E-state index contributed by atoms with van der Waals surface area (Å²) < 4.78 is 24.6. The number of aromatic nitrogens is 2. The summed E-state index contributed by atoms with van der Waals surface area (Å²) in [6.07, 6.45) is 0. The summed E-state index contributed by atoms with van der Waals surface area (Å²) in [5.41, 5.74) is 2.71. The molecule has 4 rings (SSSR count). The van der Waals surface area contributed by atoms with Gasteiger partial charge in [0.1, 0.15) is 24.0 Å². The van der Waals surface area contributed by atoms with Crippen LogP contribution in [-0.4, -0.2) is 61.3 Å². The first-order chi connectivity index (χ1) is 15.1. The summed E-state index contributed by atoms with van der Waals surface area (Å²) >= 11 is 0. The molecule has 0 N–H and O–H groups in total. The number of ether oxygens (including phenoxy) is 2. The first-order valence-electron chi connectivity index (χ1n) is 10.5. The number of para-hydroxylation sites is 2. The molecule has 170 valence electrons. The first-order valence-corrected chi connectivity index (χ1v) is 10.5. The number of hydrogen-bond acceptors (Lipinski definition) is 6. The molecule has 2 aromatic carbocycles. The van der Waals surface area contributed by atoms with Gasteiger partial charge in [0.2, 0.25) is 5.88 Å². The minimum Gasteiger partial charge on any atom is -0.495 e. The number of hydrogen-bond donors (Lipinski definition) is 0. The van der Waals surface area contributed by atoms with Crippen molar-refractivity contribution in [2.45, 2.75) is 6.92 Å². The van der Waals surface area contributed by atoms with Gasteiger partial charge in [-0.05, 0) is 43.3 Å². The fourth-order valence-electron chi connectivity index (χ4n) is 3.77. The van der Waals surface area contributed by atoms with Crippen molar-refractivity contribution in [3.8, 4) is 22.9 Å². The Morgan fingerprint density at radius 1 is 0.969 bits per heavy atom. The van der Waals surface area contributed by atoms with Crippen molar-refractivity contribution in [1.29, 1.82) is 0 Å². The van der Waals surface area contributed by atoms with E-state index in [4.69, 9.17) is 9.47 Å². The molecule has 1 aliphatic heterocycles. The average Bonchev–Trinajstić information content (AvgIpc) is 2.80. The largest absolute Gasteiger partial charge is 0.495 e. The van der Waals surface area contributed by atoms with Gasteiger partial charge in [0.25, 0.3) is 0 Å². The van der Waals surface area contributed by atoms with Gasteiger partial charge in [-0.2, -0.15) is 4.98 Å². The van der Waals surface area contributed by atoms with Crippen molar-refractivity contribution in [3.05, 3.63) is 66.2 Å². The topological polar surface area (TPSA) is 50.7 Å². The summed E-state index contributed by atoms with van der Waals surface area (Å²) in [4.78, 5) is 13.6. The van der Waals surface area contributed by atoms with Gasteiger partial charge >= 0.3 is 0 Å². The predicted molar refractivity (Wildman–Crippen MR) is 127 cm³/mol. The third-order valence-electron chi connectivity index (χ3n) is 5.41. The molecule has 0 saturated carbocycles. The Balaban J connectivity index is 0.00000289. The highest BCUT2D eigenvalue weighted by atomic mass is 35.5. The lowest BCUT2D eigenvalue weighted by atomic mass is 10.1. The molecule has 3 aromatic rings. The number of methoxy groups -OCH3 is 1. The van der Waals surface area contributed by atoms with Crippen LogP contribution in [0, 0.1) is 12.7 Å². The number of anilines is 1. The van der Waals surface area contributed by atoms with Gasteiger partial charge < -0.3 is 14.4 Å². The van der Waals surface area contributed by atoms with Crippen LogP contribution in [0.3, 0.4) is 0 Å². The second-order valence-corrected chi connectivity index (χ2v) is 7.49. The molecule has 1 aliphatic rings. The molecule has 0 amide bonds. The fraction of sp³-hybridized carbons (Fsp3) is 0.333. The second-order valence-electron chi connectivity index (χ2n) is 7.49. The van der Waals surface area contributed by atoms with Crippen molar-refractivity contribution in [3.63, 3.8) is 0 Å². The molecular weight excluding hydrogens is 431 g/mol. The van der Waals surface area contributed by atoms with Crippen LogP contribution in [0.25, 0.3) is 11.3 Å². The highest BCUT2D eigenvalue weighted by molar-refractivity contribution is 5.85. The molecule has 0 spiro atoms. The van der Waals surface area contributed by atoms with Crippen LogP contribution in [0.15, 0.2) is 54.6 Å². The second kappa shape index (κ2) is 11.1. The van der Waals surface area contributed by atoms with Crippen LogP contribution in [0.5, 0.6) is 11.6 Å². The van der Waals surface area contributed by atoms with E-state index in [-0.39, 0.29) is 18.2 Å². The van der Waals surface area contributed by atoms with E-state index in [0.717, 1.165) is 55.4 Å². The van der Waals surface area contributed by atoms with Crippen LogP contribution in [0.1, 0.15) is 5.82 Å². The highest BCUT2D eigenvalue weighted by Gasteiger charge is 2.19. The van der Waals surface area contributed by atoms with Gasteiger partial charge in [-0.25, -0.2) is 9.37 Å². The lowest BCUT2D eigenvalue weighted by Gasteiger charge is -2.36. The zero-order valence-corrected chi connectivity index (χ0v) is 19.1. The van der Waals surface area contributed by atoms with Crippen molar-refractivity contribution >= 4 is 18.1 Å². The number of rotatable bonds is 7. The molecule has 0 radical (unpaired) electrons. The Morgan fingerprint density at radius 3 is 2.41 bits per heavy atom. The van der Waals surface area contributed by atoms with E-state index < -0.39 is 0 Å². The first kappa shape index (κ1) is 23.8. The molecule has 1 fully saturated rings. The minimum absolute atomic E-state index is 0. The third-order valence-corrected chi connectivity index (χ3v) is 5.41. The van der Waals surface area contributed by atoms with Crippen molar-refractivity contribution < 1.29 is 13.9 Å². The van der Waals surface area contributed by atoms with E-state index in [9.17, 15) is 4.39 Å². The summed E-state index contributed by atoms with van der Waals surface area (Å²) in [7, 11) is 1.71. The van der Waals surface area contributed by atoms with Crippen molar-refractivity contribution in [1.82, 2.24) is 14.9 Å². The van der Waals surface area contributed by atoms with E-state index in [1.165, 1.54) is 12.1 Å². The molecule has 2 heterocycles. The van der Waals surface area contributed by atoms with Gasteiger partial charge in [0.15, 0.2) is 0 Å². The van der Waals surface area contributed by atoms with E-state index >= 15 is 0 Å². The Bertz CT molecular complexity index is 1010. The standard InChI is InChI=1S/C24H27FN4O2.ClH/c1-18-26-21(19-7-9-20(25)10-8-19)17-24(27-18)31-16-15-28-11-13-29(14-12-28)22-5-3-4-6-23(22)30-2;/h3-10,17H,11-16H2,1-2H3;1H. The normalized spacial score (nSPS) is 14.0. The molecule has 6 nitrogen and oxygen atoms in total. The molecule has 0 unspecified atom stereocenters. The Kier molecular flexibility index (Phi) is 8.25. The quantitative estimate of drug-likeness (QED) is 0.528. The number of piperazine rings is 1. The van der Waals surface area contributed by atoms with Crippen molar-refractivity contribution in [2.75, 3.05) is 51.3 Å². The lowest BCUT2D eigenvalue weighted by molar-refractivity contribution is 0.196. The third kappa shape index (κ3) is 5.87. The number of aryl methyl sites for hydroxylation is 1. The summed E-state index contributed by atoms with van der Waals surface area (Å²) in [6.45, 7) is 7.03. The fourth-order valence-corrected chi connectivity index (χ4v) is 3.77. The Morgan fingerprint density at radius 2 is 1.69 bits per heavy atom. The predicted octanol–water partition coefficient (Wildman–Crippen LogP) is 4.22. The van der Waals surface area contributed by atoms with Gasteiger partial charge in [-0.15, -0.1) is 12.4 Å². The van der Waals surface area contributed by atoms with Crippen LogP contribution in [0.4, 0.5) is 10.1 Å². The van der Waals surface area contributed by atoms with E-state index in [1.807, 2.05) is 25.1 Å². The summed E-state index contributed by atoms with van der Waals surface area (Å²) in [5, 5.41) is 0. The van der Waals surface area contributed by atoms with Crippen LogP contribution >= 0.6 is 12.4 Å². The van der Waals surface area contributed by atoms with Gasteiger partial charge in [0.05, 0.1) is 18.5 Å². The van der Waals surface area contributed by atoms with E-state index in [0.29, 0.717) is 18.3 Å². The molecule has 0 aliphatic carbocycles. The zero-order chi connectivity index (χ0) is 21.6. The maximum atomic E-state index is 13.2. The average molecular weight is 459 g/mol. The zero-order valence-electron chi connectivity index (χ0n) is 18.3. The smallest absolute Gasteiger partial charge is 0.217 e. The van der Waals surface area contributed by atoms with Crippen LogP contribution in [0.2, 0.25) is 0 Å². The van der Waals surface area contributed by atoms with Crippen LogP contribution in [-0.2, 0) is 0 Å². The Hall–Kier alpha value is -2.90. The number of halogens is 2. The SMILES string of the molecule is COc1ccccc1N1CCN(CCOc2cc(-c3ccc(F)cc3)nc(C)n2)CC1.Cl. The summed E-state index contributed by atoms with van der Waals surface area (Å²) in [6, 6.07) is 16.2. The maximum absolute atomic E-state index is 13.2. The Labute approximate surface area is 194 Å². The number of benzene rings is 2. The van der Waals surface area contributed by atoms with Crippen LogP contribution < -0.4 is 14.4 Å². The number of nitrogens with zero attached hydrogens (tertiary/aromatic N) is 4. The molecule has 0 bridgehead atoms. The molecule has 32 heavy (non-hydrogen) atoms. The molecule has 8 heteroatoms. The van der Waals surface area contributed by atoms with Gasteiger partial charge in [-0.3, -0.25) is 4.90 Å². The van der Waals surface area contributed by atoms with Gasteiger partial charge in [0, 0.05) is 44.4 Å². The van der Waals surface area contributed by atoms with E-state index in [1.54, 1.807) is 25.3 Å². The highest BCUT2D eigenvalue weighted by Crippen LogP contribution is 2.28. The lowest BCUT2D eigenvalue weighted by Crippen LogP contribution is -2.47. The minimum atomic E-state index is -0.267. The molecule has 0 atom stereocenters. The van der Waals surface area contributed by atoms with E-state index in [2.05, 4.69) is 25.8 Å². The maximum Gasteiger partial charge on any atom is 0.217 e. The summed E-state index contributed by atoms with van der Waals surface area (Å²) in [5.74, 6) is 1.81. The molecule has 1 aromatic heterocycles. The molecular formula is C24H28ClFN4O2. The van der Waals surface area contributed by atoms with Gasteiger partial charge in [-0.1, -0.05) is 12.1 Å². The van der Waals surface area contributed by atoms with Crippen molar-refractivity contribution in [2.24, 2.45) is 0 Å². The monoisotopic (exact) mass is 458 g/mol. The molecule has 1 saturated heterocycles.